The van der Waals surface area contributed by atoms with Gasteiger partial charge in [-0.1, -0.05) is 0 Å². The molecule has 0 unspecified atom stereocenters. The molecule has 0 radical (unpaired) electrons. The molecule has 2 aliphatic heterocycles. The van der Waals surface area contributed by atoms with Crippen LogP contribution in [0.15, 0.2) is 18.3 Å². The number of hydrogen-bond donors (Lipinski definition) is 2. The first-order valence-corrected chi connectivity index (χ1v) is 7.53. The molecule has 7 nitrogen and oxygen atoms in total. The Morgan fingerprint density at radius 3 is 2.55 bits per heavy atom. The lowest BCUT2D eigenvalue weighted by molar-refractivity contribution is -0.133. The number of pyridine rings is 1. The molecule has 2 amide bonds. The normalized spacial score (nSPS) is 21.2. The number of carboxylic acid groups (broad SMARTS) is 1. The van der Waals surface area contributed by atoms with Crippen molar-refractivity contribution in [3.05, 3.63) is 18.3 Å². The van der Waals surface area contributed by atoms with E-state index in [1.54, 1.807) is 17.2 Å². The molecule has 2 saturated heterocycles. The number of nitrogens with two attached hydrogens (primary N) is 1. The molecule has 0 atom stereocenters. The minimum absolute atomic E-state index is 0.0929. The van der Waals surface area contributed by atoms with Gasteiger partial charge in [0.15, 0.2) is 0 Å². The molecule has 3 N–H and O–H groups in total. The van der Waals surface area contributed by atoms with Gasteiger partial charge in [-0.05, 0) is 37.8 Å². The summed E-state index contributed by atoms with van der Waals surface area (Å²) < 4.78 is 0. The highest BCUT2D eigenvalue weighted by atomic mass is 16.4. The molecule has 1 spiro atoms. The van der Waals surface area contributed by atoms with Gasteiger partial charge in [-0.25, -0.2) is 9.78 Å². The van der Waals surface area contributed by atoms with Gasteiger partial charge in [-0.15, -0.1) is 0 Å². The van der Waals surface area contributed by atoms with Crippen molar-refractivity contribution in [1.82, 2.24) is 9.88 Å². The lowest BCUT2D eigenvalue weighted by atomic mass is 9.71. The van der Waals surface area contributed by atoms with Crippen LogP contribution in [0, 0.1) is 5.41 Å². The molecular formula is C15H20N4O3. The van der Waals surface area contributed by atoms with Crippen LogP contribution >= 0.6 is 0 Å². The van der Waals surface area contributed by atoms with Gasteiger partial charge in [0.2, 0.25) is 5.91 Å². The van der Waals surface area contributed by atoms with E-state index in [1.165, 1.54) is 4.90 Å². The highest BCUT2D eigenvalue weighted by Crippen LogP contribution is 2.42. The van der Waals surface area contributed by atoms with Crippen LogP contribution in [-0.2, 0) is 4.79 Å². The predicted molar refractivity (Wildman–Crippen MR) is 81.5 cm³/mol. The molecule has 0 aromatic carbocycles. The molecule has 118 valence electrons. The number of nitrogens with zero attached hydrogens (tertiary/aromatic N) is 3. The van der Waals surface area contributed by atoms with Gasteiger partial charge in [-0.2, -0.15) is 0 Å². The van der Waals surface area contributed by atoms with E-state index >= 15 is 0 Å². The molecule has 2 aliphatic rings. The first kappa shape index (κ1) is 14.6. The number of carbonyl (C=O) groups is 2. The summed E-state index contributed by atoms with van der Waals surface area (Å²) in [7, 11) is 0. The number of aromatic nitrogens is 1. The number of hydrogen-bond acceptors (Lipinski definition) is 4. The molecule has 7 heteroatoms. The molecule has 0 bridgehead atoms. The topological polar surface area (TPSA) is 99.8 Å². The maximum atomic E-state index is 13.0. The maximum Gasteiger partial charge on any atom is 0.407 e. The first-order valence-electron chi connectivity index (χ1n) is 7.53. The largest absolute Gasteiger partial charge is 0.465 e. The van der Waals surface area contributed by atoms with Gasteiger partial charge in [0.1, 0.15) is 5.82 Å². The smallest absolute Gasteiger partial charge is 0.407 e. The van der Waals surface area contributed by atoms with Crippen LogP contribution in [0.5, 0.6) is 0 Å². The van der Waals surface area contributed by atoms with Crippen molar-refractivity contribution in [2.45, 2.75) is 25.7 Å². The van der Waals surface area contributed by atoms with Crippen LogP contribution in [0.25, 0.3) is 0 Å². The Hall–Kier alpha value is -2.31. The number of piperidine rings is 2. The van der Waals surface area contributed by atoms with Crippen molar-refractivity contribution in [3.63, 3.8) is 0 Å². The number of carbonyl (C=O) groups excluding carboxylic acids is 1. The van der Waals surface area contributed by atoms with Gasteiger partial charge < -0.3 is 20.6 Å². The maximum absolute atomic E-state index is 13.0. The predicted octanol–water partition coefficient (Wildman–Crippen LogP) is 1.55. The zero-order valence-corrected chi connectivity index (χ0v) is 12.4. The fourth-order valence-electron chi connectivity index (χ4n) is 3.46. The molecule has 0 saturated carbocycles. The Bertz CT molecular complexity index is 579. The van der Waals surface area contributed by atoms with Crippen molar-refractivity contribution >= 4 is 23.5 Å². The fourth-order valence-corrected chi connectivity index (χ4v) is 3.46. The molecular weight excluding hydrogens is 284 g/mol. The summed E-state index contributed by atoms with van der Waals surface area (Å²) in [5.74, 6) is 0.521. The second kappa shape index (κ2) is 5.47. The summed E-state index contributed by atoms with van der Waals surface area (Å²) in [5.41, 5.74) is 5.93. The number of likely N-dealkylation sites (tertiary alicyclic amines) is 1. The Kier molecular flexibility index (Phi) is 3.64. The lowest BCUT2D eigenvalue weighted by Gasteiger charge is -2.45. The van der Waals surface area contributed by atoms with E-state index in [2.05, 4.69) is 4.98 Å². The summed E-state index contributed by atoms with van der Waals surface area (Å²) in [6.45, 7) is 1.53. The van der Waals surface area contributed by atoms with Crippen LogP contribution < -0.4 is 10.6 Å². The highest BCUT2D eigenvalue weighted by molar-refractivity contribution is 5.98. The SMILES string of the molecule is Nc1ccc(N2CCCC3(CCN(C(=O)O)CC3)C2=O)cn1. The lowest BCUT2D eigenvalue weighted by Crippen LogP contribution is -2.54. The molecule has 3 heterocycles. The second-order valence-electron chi connectivity index (χ2n) is 6.05. The Morgan fingerprint density at radius 1 is 1.23 bits per heavy atom. The van der Waals surface area contributed by atoms with Crippen LogP contribution in [0.1, 0.15) is 25.7 Å². The van der Waals surface area contributed by atoms with E-state index in [4.69, 9.17) is 10.8 Å². The zero-order chi connectivity index (χ0) is 15.7. The van der Waals surface area contributed by atoms with Gasteiger partial charge in [0.05, 0.1) is 17.3 Å². The van der Waals surface area contributed by atoms with Crippen molar-refractivity contribution in [2.75, 3.05) is 30.3 Å². The van der Waals surface area contributed by atoms with E-state index in [0.717, 1.165) is 18.5 Å². The number of rotatable bonds is 1. The third-order valence-electron chi connectivity index (χ3n) is 4.81. The number of anilines is 2. The third kappa shape index (κ3) is 2.47. The van der Waals surface area contributed by atoms with E-state index in [1.807, 2.05) is 6.07 Å². The van der Waals surface area contributed by atoms with Crippen LogP contribution in [0.2, 0.25) is 0 Å². The van der Waals surface area contributed by atoms with Crippen molar-refractivity contribution in [2.24, 2.45) is 5.41 Å². The van der Waals surface area contributed by atoms with Gasteiger partial charge in [0.25, 0.3) is 0 Å². The average molecular weight is 304 g/mol. The van der Waals surface area contributed by atoms with Crippen LogP contribution in [-0.4, -0.2) is 46.6 Å². The van der Waals surface area contributed by atoms with E-state index in [0.29, 0.717) is 38.3 Å². The average Bonchev–Trinajstić information content (AvgIpc) is 2.52. The summed E-state index contributed by atoms with van der Waals surface area (Å²) in [6, 6.07) is 3.50. The summed E-state index contributed by atoms with van der Waals surface area (Å²) >= 11 is 0. The van der Waals surface area contributed by atoms with Gasteiger partial charge in [0, 0.05) is 19.6 Å². The highest BCUT2D eigenvalue weighted by Gasteiger charge is 2.46. The number of amides is 2. The monoisotopic (exact) mass is 304 g/mol. The number of nitrogen functional groups attached to an aromatic ring is 1. The summed E-state index contributed by atoms with van der Waals surface area (Å²) in [5, 5.41) is 9.06. The fraction of sp³-hybridized carbons (Fsp3) is 0.533. The van der Waals surface area contributed by atoms with Crippen LogP contribution in [0.3, 0.4) is 0 Å². The molecule has 3 rings (SSSR count). The van der Waals surface area contributed by atoms with Crippen LogP contribution in [0.4, 0.5) is 16.3 Å². The first-order chi connectivity index (χ1) is 10.5. The molecule has 2 fully saturated rings. The van der Waals surface area contributed by atoms with Gasteiger partial charge in [-0.3, -0.25) is 4.79 Å². The second-order valence-corrected chi connectivity index (χ2v) is 6.05. The summed E-state index contributed by atoms with van der Waals surface area (Å²) in [4.78, 5) is 31.2. The van der Waals surface area contributed by atoms with E-state index in [9.17, 15) is 9.59 Å². The Balaban J connectivity index is 1.78. The summed E-state index contributed by atoms with van der Waals surface area (Å²) in [6.07, 6.45) is 3.66. The van der Waals surface area contributed by atoms with Crippen molar-refractivity contribution in [1.29, 1.82) is 0 Å². The van der Waals surface area contributed by atoms with E-state index in [-0.39, 0.29) is 5.91 Å². The third-order valence-corrected chi connectivity index (χ3v) is 4.81. The Labute approximate surface area is 128 Å². The zero-order valence-electron chi connectivity index (χ0n) is 12.4. The van der Waals surface area contributed by atoms with Crippen molar-refractivity contribution < 1.29 is 14.7 Å². The minimum atomic E-state index is -0.905. The Morgan fingerprint density at radius 2 is 1.95 bits per heavy atom. The minimum Gasteiger partial charge on any atom is -0.465 e. The molecule has 22 heavy (non-hydrogen) atoms. The van der Waals surface area contributed by atoms with Gasteiger partial charge >= 0.3 is 6.09 Å². The molecule has 0 aliphatic carbocycles. The standard InChI is InChI=1S/C15H20N4O3/c16-12-3-2-11(10-17-12)19-7-1-4-15(13(19)20)5-8-18(9-6-15)14(21)22/h2-3,10H,1,4-9H2,(H2,16,17)(H,21,22). The molecule has 1 aromatic heterocycles. The van der Waals surface area contributed by atoms with E-state index < -0.39 is 11.5 Å². The van der Waals surface area contributed by atoms with Crippen molar-refractivity contribution in [3.8, 4) is 0 Å². The quantitative estimate of drug-likeness (QED) is 0.820. The molecule has 1 aromatic rings.